The number of aromatic hydroxyl groups is 1. The lowest BCUT2D eigenvalue weighted by Gasteiger charge is -1.94. The first-order valence-electron chi connectivity index (χ1n) is 5.49. The Morgan fingerprint density at radius 1 is 1.32 bits per heavy atom. The van der Waals surface area contributed by atoms with Gasteiger partial charge in [-0.05, 0) is 19.1 Å². The van der Waals surface area contributed by atoms with E-state index in [1.54, 1.807) is 19.1 Å². The number of aromatic nitrogens is 4. The van der Waals surface area contributed by atoms with Gasteiger partial charge in [0, 0.05) is 5.56 Å². The molecule has 96 valence electrons. The summed E-state index contributed by atoms with van der Waals surface area (Å²) in [7, 11) is 0. The quantitative estimate of drug-likeness (QED) is 0.754. The third kappa shape index (κ3) is 2.19. The predicted molar refractivity (Wildman–Crippen MR) is 69.3 cm³/mol. The Balaban J connectivity index is 2.06. The molecule has 0 bridgehead atoms. The summed E-state index contributed by atoms with van der Waals surface area (Å²) in [6, 6.07) is 6.06. The Morgan fingerprint density at radius 2 is 2.16 bits per heavy atom. The molecule has 0 radical (unpaired) electrons. The van der Waals surface area contributed by atoms with Crippen LogP contribution in [-0.4, -0.2) is 25.3 Å². The van der Waals surface area contributed by atoms with Gasteiger partial charge in [0.25, 0.3) is 0 Å². The van der Waals surface area contributed by atoms with Crippen LogP contribution in [0.5, 0.6) is 5.88 Å². The summed E-state index contributed by atoms with van der Waals surface area (Å²) in [5, 5.41) is 18.1. The van der Waals surface area contributed by atoms with Crippen LogP contribution in [0.3, 0.4) is 0 Å². The van der Waals surface area contributed by atoms with Gasteiger partial charge in [0.05, 0.1) is 0 Å². The van der Waals surface area contributed by atoms with E-state index < -0.39 is 0 Å². The van der Waals surface area contributed by atoms with Crippen molar-refractivity contribution in [2.24, 2.45) is 0 Å². The van der Waals surface area contributed by atoms with Crippen molar-refractivity contribution in [3.05, 3.63) is 35.9 Å². The fourth-order valence-electron chi connectivity index (χ4n) is 1.66. The van der Waals surface area contributed by atoms with E-state index in [0.29, 0.717) is 27.1 Å². The first-order chi connectivity index (χ1) is 9.13. The molecule has 3 rings (SSSR count). The van der Waals surface area contributed by atoms with Crippen LogP contribution in [0.15, 0.2) is 24.3 Å². The lowest BCUT2D eigenvalue weighted by Crippen LogP contribution is -1.77. The van der Waals surface area contributed by atoms with E-state index in [0.717, 1.165) is 0 Å². The fraction of sp³-hybridized carbons (Fsp3) is 0.0833. The Kier molecular flexibility index (Phi) is 2.75. The van der Waals surface area contributed by atoms with Crippen molar-refractivity contribution < 1.29 is 9.50 Å². The molecule has 0 aliphatic heterocycles. The summed E-state index contributed by atoms with van der Waals surface area (Å²) in [4.78, 5) is 7.44. The highest BCUT2D eigenvalue weighted by molar-refractivity contribution is 7.18. The highest BCUT2D eigenvalue weighted by atomic mass is 32.1. The third-order valence-corrected chi connectivity index (χ3v) is 3.60. The number of nitrogens with zero attached hydrogens (tertiary/aromatic N) is 3. The van der Waals surface area contributed by atoms with Crippen molar-refractivity contribution in [3.8, 4) is 27.2 Å². The van der Waals surface area contributed by atoms with Gasteiger partial charge in [-0.25, -0.2) is 9.37 Å². The first kappa shape index (κ1) is 11.8. The van der Waals surface area contributed by atoms with Crippen LogP contribution in [0.2, 0.25) is 0 Å². The number of aromatic amines is 1. The molecule has 2 aromatic heterocycles. The number of hydrogen-bond donors (Lipinski definition) is 2. The van der Waals surface area contributed by atoms with Crippen LogP contribution in [0.4, 0.5) is 4.39 Å². The molecule has 3 aromatic rings. The zero-order valence-corrected chi connectivity index (χ0v) is 10.7. The molecule has 2 heterocycles. The number of aryl methyl sites for hydroxylation is 1. The monoisotopic (exact) mass is 276 g/mol. The molecule has 0 aliphatic carbocycles. The number of H-pyrrole nitrogens is 1. The number of hydrogen-bond acceptors (Lipinski definition) is 5. The van der Waals surface area contributed by atoms with Crippen molar-refractivity contribution in [3.63, 3.8) is 0 Å². The van der Waals surface area contributed by atoms with E-state index >= 15 is 0 Å². The molecule has 0 atom stereocenters. The largest absolute Gasteiger partial charge is 0.492 e. The average Bonchev–Trinajstić information content (AvgIpc) is 2.95. The molecule has 0 saturated heterocycles. The minimum Gasteiger partial charge on any atom is -0.492 e. The van der Waals surface area contributed by atoms with Gasteiger partial charge in [-0.3, -0.25) is 0 Å². The normalized spacial score (nSPS) is 10.8. The highest BCUT2D eigenvalue weighted by Gasteiger charge is 2.16. The smallest absolute Gasteiger partial charge is 0.234 e. The van der Waals surface area contributed by atoms with E-state index in [1.807, 2.05) is 0 Å². The lowest BCUT2D eigenvalue weighted by molar-refractivity contribution is 0.459. The van der Waals surface area contributed by atoms with Crippen LogP contribution < -0.4 is 0 Å². The van der Waals surface area contributed by atoms with Gasteiger partial charge in [-0.2, -0.15) is 0 Å². The topological polar surface area (TPSA) is 74.7 Å². The molecule has 2 N–H and O–H groups in total. The molecule has 5 nitrogen and oxygen atoms in total. The van der Waals surface area contributed by atoms with Crippen LogP contribution >= 0.6 is 11.3 Å². The standard InChI is InChI=1S/C12H9FN4OS/c1-6-14-10(17-16-6)9-11(18)15-12(19-9)7-3-2-4-8(13)5-7/h2-5,18H,1H3,(H,14,16,17). The van der Waals surface area contributed by atoms with Crippen LogP contribution in [0, 0.1) is 12.7 Å². The number of thiazole rings is 1. The first-order valence-corrected chi connectivity index (χ1v) is 6.30. The van der Waals surface area contributed by atoms with E-state index in [9.17, 15) is 9.50 Å². The third-order valence-electron chi connectivity index (χ3n) is 2.50. The van der Waals surface area contributed by atoms with Gasteiger partial charge in [-0.1, -0.05) is 12.1 Å². The van der Waals surface area contributed by atoms with Gasteiger partial charge < -0.3 is 10.1 Å². The summed E-state index contributed by atoms with van der Waals surface area (Å²) in [5.41, 5.74) is 0.614. The van der Waals surface area contributed by atoms with E-state index in [-0.39, 0.29) is 11.7 Å². The van der Waals surface area contributed by atoms with Crippen LogP contribution in [-0.2, 0) is 0 Å². The molecule has 7 heteroatoms. The molecule has 0 fully saturated rings. The number of halogens is 1. The van der Waals surface area contributed by atoms with E-state index in [2.05, 4.69) is 20.2 Å². The molecule has 1 aromatic carbocycles. The predicted octanol–water partition coefficient (Wildman–Crippen LogP) is 2.75. The van der Waals surface area contributed by atoms with E-state index in [4.69, 9.17) is 0 Å². The second-order valence-corrected chi connectivity index (χ2v) is 4.94. The Bertz CT molecular complexity index is 737. The molecule has 0 aliphatic rings. The minimum absolute atomic E-state index is 0.139. The Labute approximate surface area is 111 Å². The number of nitrogens with one attached hydrogen (secondary N) is 1. The molecule has 0 saturated carbocycles. The average molecular weight is 276 g/mol. The van der Waals surface area contributed by atoms with Gasteiger partial charge >= 0.3 is 0 Å². The van der Waals surface area contributed by atoms with Gasteiger partial charge in [0.15, 0.2) is 5.82 Å². The lowest BCUT2D eigenvalue weighted by atomic mass is 10.2. The minimum atomic E-state index is -0.343. The molecular weight excluding hydrogens is 267 g/mol. The number of rotatable bonds is 2. The van der Waals surface area contributed by atoms with Gasteiger partial charge in [0.2, 0.25) is 5.88 Å². The Morgan fingerprint density at radius 3 is 2.84 bits per heavy atom. The summed E-state index contributed by atoms with van der Waals surface area (Å²) >= 11 is 1.23. The van der Waals surface area contributed by atoms with Crippen molar-refractivity contribution in [2.45, 2.75) is 6.92 Å². The molecule has 0 spiro atoms. The van der Waals surface area contributed by atoms with E-state index in [1.165, 1.54) is 23.5 Å². The zero-order valence-electron chi connectivity index (χ0n) is 9.88. The molecule has 0 amide bonds. The molecular formula is C12H9FN4OS. The second-order valence-electron chi connectivity index (χ2n) is 3.94. The summed E-state index contributed by atoms with van der Waals surface area (Å²) < 4.78 is 13.2. The second kappa shape index (κ2) is 4.43. The van der Waals surface area contributed by atoms with Crippen molar-refractivity contribution in [1.82, 2.24) is 20.2 Å². The van der Waals surface area contributed by atoms with Crippen molar-refractivity contribution >= 4 is 11.3 Å². The summed E-state index contributed by atoms with van der Waals surface area (Å²) in [6.07, 6.45) is 0. The van der Waals surface area contributed by atoms with Crippen molar-refractivity contribution in [1.29, 1.82) is 0 Å². The maximum absolute atomic E-state index is 13.2. The zero-order chi connectivity index (χ0) is 13.4. The molecule has 19 heavy (non-hydrogen) atoms. The fourth-order valence-corrected chi connectivity index (χ4v) is 2.56. The van der Waals surface area contributed by atoms with Gasteiger partial charge in [0.1, 0.15) is 21.5 Å². The van der Waals surface area contributed by atoms with Crippen molar-refractivity contribution in [2.75, 3.05) is 0 Å². The summed E-state index contributed by atoms with van der Waals surface area (Å²) in [6.45, 7) is 1.77. The van der Waals surface area contributed by atoms with Gasteiger partial charge in [-0.15, -0.1) is 21.5 Å². The Hall–Kier alpha value is -2.28. The maximum Gasteiger partial charge on any atom is 0.234 e. The molecule has 0 unspecified atom stereocenters. The number of benzene rings is 1. The maximum atomic E-state index is 13.2. The summed E-state index contributed by atoms with van der Waals surface area (Å²) in [5.74, 6) is 0.620. The van der Waals surface area contributed by atoms with Crippen LogP contribution in [0.25, 0.3) is 21.3 Å². The van der Waals surface area contributed by atoms with Crippen LogP contribution in [0.1, 0.15) is 5.82 Å². The highest BCUT2D eigenvalue weighted by Crippen LogP contribution is 2.37. The SMILES string of the molecule is Cc1nnc(-c2sc(-c3cccc(F)c3)nc2O)[nH]1.